The number of carbonyl (C=O) groups excluding carboxylic acids is 1. The molecule has 160 valence electrons. The Kier molecular flexibility index (Phi) is 5.30. The van der Waals surface area contributed by atoms with Crippen LogP contribution in [0.2, 0.25) is 0 Å². The van der Waals surface area contributed by atoms with Gasteiger partial charge in [0, 0.05) is 38.0 Å². The number of aromatic nitrogens is 4. The van der Waals surface area contributed by atoms with Gasteiger partial charge in [-0.05, 0) is 43.2 Å². The number of pyridine rings is 1. The molecule has 0 unspecified atom stereocenters. The van der Waals surface area contributed by atoms with Gasteiger partial charge < -0.3 is 18.9 Å². The average Bonchev–Trinajstić information content (AvgIpc) is 3.53. The number of fused-ring (bicyclic) bond motifs is 2. The topological polar surface area (TPSA) is 73.9 Å². The van der Waals surface area contributed by atoms with Gasteiger partial charge in [0.2, 0.25) is 0 Å². The second kappa shape index (κ2) is 8.39. The number of methoxy groups -OCH3 is 1. The third-order valence-corrected chi connectivity index (χ3v) is 5.87. The van der Waals surface area contributed by atoms with Gasteiger partial charge in [-0.2, -0.15) is 0 Å². The molecular formula is C23H25N5O3. The average molecular weight is 419 g/mol. The van der Waals surface area contributed by atoms with Crippen LogP contribution in [0.5, 0.6) is 5.75 Å². The number of hydrogen-bond acceptors (Lipinski definition) is 5. The van der Waals surface area contributed by atoms with Crippen molar-refractivity contribution in [2.75, 3.05) is 26.9 Å². The van der Waals surface area contributed by atoms with Crippen molar-refractivity contribution in [1.82, 2.24) is 24.1 Å². The van der Waals surface area contributed by atoms with Gasteiger partial charge in [0.15, 0.2) is 18.1 Å². The maximum Gasteiger partial charge on any atom is 0.261 e. The minimum atomic E-state index is -0.0839. The number of hydrogen-bond donors (Lipinski definition) is 0. The highest BCUT2D eigenvalue weighted by atomic mass is 16.5. The van der Waals surface area contributed by atoms with Crippen molar-refractivity contribution < 1.29 is 14.3 Å². The highest BCUT2D eigenvalue weighted by molar-refractivity contribution is 5.87. The summed E-state index contributed by atoms with van der Waals surface area (Å²) in [7, 11) is 1.69. The third-order valence-electron chi connectivity index (χ3n) is 5.87. The summed E-state index contributed by atoms with van der Waals surface area (Å²) in [4.78, 5) is 14.9. The molecule has 3 aromatic heterocycles. The molecular weight excluding hydrogens is 394 g/mol. The summed E-state index contributed by atoms with van der Waals surface area (Å²) in [6, 6.07) is 13.6. The molecule has 0 radical (unpaired) electrons. The zero-order valence-corrected chi connectivity index (χ0v) is 17.5. The Morgan fingerprint density at radius 3 is 2.97 bits per heavy atom. The summed E-state index contributed by atoms with van der Waals surface area (Å²) in [5.74, 6) is 1.48. The van der Waals surface area contributed by atoms with Crippen LogP contribution in [-0.2, 0) is 16.1 Å². The van der Waals surface area contributed by atoms with Gasteiger partial charge in [-0.3, -0.25) is 9.20 Å². The molecule has 0 spiro atoms. The first-order valence-electron chi connectivity index (χ1n) is 10.5. The van der Waals surface area contributed by atoms with Gasteiger partial charge in [-0.1, -0.05) is 12.1 Å². The Morgan fingerprint density at radius 2 is 2.06 bits per heavy atom. The first-order valence-corrected chi connectivity index (χ1v) is 10.5. The zero-order valence-electron chi connectivity index (χ0n) is 17.5. The summed E-state index contributed by atoms with van der Waals surface area (Å²) in [5, 5.41) is 9.60. The molecule has 0 bridgehead atoms. The maximum absolute atomic E-state index is 13.1. The van der Waals surface area contributed by atoms with Gasteiger partial charge >= 0.3 is 0 Å². The number of amides is 1. The van der Waals surface area contributed by atoms with Crippen LogP contribution in [0.3, 0.4) is 0 Å². The van der Waals surface area contributed by atoms with E-state index in [9.17, 15) is 4.79 Å². The fourth-order valence-corrected chi connectivity index (χ4v) is 4.35. The van der Waals surface area contributed by atoms with E-state index < -0.39 is 0 Å². The molecule has 0 saturated carbocycles. The lowest BCUT2D eigenvalue weighted by Crippen LogP contribution is -2.35. The number of ether oxygens (including phenoxy) is 2. The molecule has 1 fully saturated rings. The largest absolute Gasteiger partial charge is 0.483 e. The lowest BCUT2D eigenvalue weighted by Gasteiger charge is -2.23. The van der Waals surface area contributed by atoms with Crippen LogP contribution < -0.4 is 4.74 Å². The van der Waals surface area contributed by atoms with Crippen LogP contribution in [-0.4, -0.2) is 56.8 Å². The minimum absolute atomic E-state index is 0.00436. The first-order chi connectivity index (χ1) is 15.3. The molecule has 4 aromatic rings. The molecule has 0 aliphatic carbocycles. The zero-order chi connectivity index (χ0) is 21.2. The molecule has 8 nitrogen and oxygen atoms in total. The fraction of sp³-hybridized carbons (Fsp3) is 0.348. The molecule has 31 heavy (non-hydrogen) atoms. The minimum Gasteiger partial charge on any atom is -0.483 e. The fourth-order valence-electron chi connectivity index (χ4n) is 4.35. The molecule has 1 saturated heterocycles. The van der Waals surface area contributed by atoms with E-state index in [2.05, 4.69) is 14.8 Å². The van der Waals surface area contributed by atoms with E-state index in [1.807, 2.05) is 64.2 Å². The van der Waals surface area contributed by atoms with Gasteiger partial charge in [-0.15, -0.1) is 10.2 Å². The maximum atomic E-state index is 13.1. The van der Waals surface area contributed by atoms with Gasteiger partial charge in [-0.25, -0.2) is 0 Å². The van der Waals surface area contributed by atoms with Gasteiger partial charge in [0.25, 0.3) is 5.91 Å². The number of benzene rings is 1. The van der Waals surface area contributed by atoms with Gasteiger partial charge in [0.05, 0.1) is 18.2 Å². The lowest BCUT2D eigenvalue weighted by molar-refractivity contribution is -0.134. The Bertz CT molecular complexity index is 1210. The number of likely N-dealkylation sites (tertiary alicyclic amines) is 1. The molecule has 1 atom stereocenters. The molecule has 1 aliphatic rings. The van der Waals surface area contributed by atoms with Crippen LogP contribution in [0.15, 0.2) is 54.9 Å². The number of rotatable bonds is 7. The smallest absolute Gasteiger partial charge is 0.261 e. The lowest BCUT2D eigenvalue weighted by atomic mass is 10.2. The standard InChI is InChI=1S/C23H25N5O3/c1-30-15-14-26-13-10-17-18(26)6-4-8-20(17)31-16-22(29)27-12-5-7-19(27)23-25-24-21-9-2-3-11-28(21)23/h2-4,6,8-11,13,19H,5,7,12,14-16H2,1H3/t19-/m0/s1. The summed E-state index contributed by atoms with van der Waals surface area (Å²) >= 11 is 0. The second-order valence-electron chi connectivity index (χ2n) is 7.71. The Balaban J connectivity index is 1.32. The van der Waals surface area contributed by atoms with E-state index in [1.165, 1.54) is 0 Å². The van der Waals surface area contributed by atoms with Crippen LogP contribution in [0.1, 0.15) is 24.7 Å². The van der Waals surface area contributed by atoms with E-state index in [1.54, 1.807) is 7.11 Å². The summed E-state index contributed by atoms with van der Waals surface area (Å²) in [6.45, 7) is 2.10. The van der Waals surface area contributed by atoms with E-state index in [0.717, 1.165) is 41.8 Å². The van der Waals surface area contributed by atoms with Crippen LogP contribution in [0.25, 0.3) is 16.6 Å². The highest BCUT2D eigenvalue weighted by Crippen LogP contribution is 2.32. The molecule has 1 aliphatic heterocycles. The van der Waals surface area contributed by atoms with E-state index in [0.29, 0.717) is 18.9 Å². The number of nitrogens with zero attached hydrogens (tertiary/aromatic N) is 5. The van der Waals surface area contributed by atoms with Crippen LogP contribution in [0.4, 0.5) is 0 Å². The molecule has 1 amide bonds. The normalized spacial score (nSPS) is 16.4. The van der Waals surface area contributed by atoms with Gasteiger partial charge in [0.1, 0.15) is 5.75 Å². The van der Waals surface area contributed by atoms with E-state index in [4.69, 9.17) is 9.47 Å². The highest BCUT2D eigenvalue weighted by Gasteiger charge is 2.33. The second-order valence-corrected chi connectivity index (χ2v) is 7.71. The predicted molar refractivity (Wildman–Crippen MR) is 116 cm³/mol. The summed E-state index contributed by atoms with van der Waals surface area (Å²) < 4.78 is 15.3. The Labute approximate surface area is 180 Å². The molecule has 8 heteroatoms. The predicted octanol–water partition coefficient (Wildman–Crippen LogP) is 3.07. The Hall–Kier alpha value is -3.39. The first kappa shape index (κ1) is 19.6. The summed E-state index contributed by atoms with van der Waals surface area (Å²) in [6.07, 6.45) is 5.78. The SMILES string of the molecule is COCCn1ccc2c(OCC(=O)N3CCC[C@H]3c3nnc4ccccn34)cccc21. The number of carbonyl (C=O) groups is 1. The monoisotopic (exact) mass is 419 g/mol. The summed E-state index contributed by atoms with van der Waals surface area (Å²) in [5.41, 5.74) is 1.86. The molecule has 4 heterocycles. The van der Waals surface area contributed by atoms with E-state index in [-0.39, 0.29) is 18.6 Å². The van der Waals surface area contributed by atoms with Crippen molar-refractivity contribution in [3.63, 3.8) is 0 Å². The van der Waals surface area contributed by atoms with Crippen molar-refractivity contribution in [3.8, 4) is 5.75 Å². The molecule has 1 aromatic carbocycles. The molecule has 0 N–H and O–H groups in total. The van der Waals surface area contributed by atoms with Crippen molar-refractivity contribution in [3.05, 3.63) is 60.7 Å². The quantitative estimate of drug-likeness (QED) is 0.460. The Morgan fingerprint density at radius 1 is 1.13 bits per heavy atom. The van der Waals surface area contributed by atoms with Crippen molar-refractivity contribution in [2.45, 2.75) is 25.4 Å². The van der Waals surface area contributed by atoms with Crippen molar-refractivity contribution in [2.24, 2.45) is 0 Å². The van der Waals surface area contributed by atoms with Crippen LogP contribution >= 0.6 is 0 Å². The molecule has 5 rings (SSSR count). The third kappa shape index (κ3) is 3.63. The van der Waals surface area contributed by atoms with Crippen molar-refractivity contribution in [1.29, 1.82) is 0 Å². The van der Waals surface area contributed by atoms with Crippen molar-refractivity contribution >= 4 is 22.5 Å². The van der Waals surface area contributed by atoms with E-state index >= 15 is 0 Å². The van der Waals surface area contributed by atoms with Crippen LogP contribution in [0, 0.1) is 0 Å².